The van der Waals surface area contributed by atoms with Gasteiger partial charge in [-0.15, -0.1) is 0 Å². The van der Waals surface area contributed by atoms with Crippen LogP contribution in [0.4, 0.5) is 15.8 Å². The van der Waals surface area contributed by atoms with Crippen LogP contribution in [0.5, 0.6) is 0 Å². The molecule has 18 heavy (non-hydrogen) atoms. The average molecular weight is 311 g/mol. The number of anilines is 2. The molecule has 0 unspecified atom stereocenters. The first kappa shape index (κ1) is 12.5. The molecule has 2 rings (SSSR count). The average Bonchev–Trinajstić information content (AvgIpc) is 2.34. The molecule has 1 aromatic heterocycles. The van der Waals surface area contributed by atoms with Crippen LogP contribution in [0.15, 0.2) is 41.0 Å². The number of para-hydroxylation sites is 1. The number of pyridine rings is 1. The van der Waals surface area contributed by atoms with Crippen LogP contribution in [0.25, 0.3) is 0 Å². The summed E-state index contributed by atoms with van der Waals surface area (Å²) in [6, 6.07) is 7.46. The summed E-state index contributed by atoms with van der Waals surface area (Å²) in [6.07, 6.45) is 1.35. The van der Waals surface area contributed by atoms with Gasteiger partial charge in [0.15, 0.2) is 0 Å². The summed E-state index contributed by atoms with van der Waals surface area (Å²) in [7, 11) is 0. The molecule has 0 radical (unpaired) electrons. The van der Waals surface area contributed by atoms with Gasteiger partial charge in [0.25, 0.3) is 0 Å². The van der Waals surface area contributed by atoms with Crippen LogP contribution < -0.4 is 5.32 Å². The standard InChI is InChI=1S/C12H8BrFN2O2/c13-8-2-1-3-9(14)11(8)16-7-4-5-15-10(6-7)12(17)18/h1-6H,(H,15,16)(H,17,18). The van der Waals surface area contributed by atoms with E-state index in [1.165, 1.54) is 18.3 Å². The van der Waals surface area contributed by atoms with Crippen LogP contribution in [0.2, 0.25) is 0 Å². The summed E-state index contributed by atoms with van der Waals surface area (Å²) in [4.78, 5) is 14.4. The summed E-state index contributed by atoms with van der Waals surface area (Å²) >= 11 is 3.22. The van der Waals surface area contributed by atoms with Gasteiger partial charge in [-0.1, -0.05) is 6.07 Å². The molecule has 0 aliphatic rings. The Hall–Kier alpha value is -1.95. The Kier molecular flexibility index (Phi) is 3.57. The number of carboxylic acids is 1. The number of nitrogens with one attached hydrogen (secondary N) is 1. The fourth-order valence-corrected chi connectivity index (χ4v) is 1.83. The lowest BCUT2D eigenvalue weighted by Gasteiger charge is -2.09. The first-order valence-corrected chi connectivity index (χ1v) is 5.77. The third-order valence-electron chi connectivity index (χ3n) is 2.21. The van der Waals surface area contributed by atoms with Crippen molar-refractivity contribution in [1.82, 2.24) is 4.98 Å². The second-order valence-corrected chi connectivity index (χ2v) is 4.31. The minimum absolute atomic E-state index is 0.104. The number of rotatable bonds is 3. The van der Waals surface area contributed by atoms with Crippen LogP contribution >= 0.6 is 15.9 Å². The van der Waals surface area contributed by atoms with E-state index < -0.39 is 11.8 Å². The van der Waals surface area contributed by atoms with E-state index in [0.29, 0.717) is 10.2 Å². The predicted octanol–water partition coefficient (Wildman–Crippen LogP) is 3.43. The number of carbonyl (C=O) groups is 1. The second-order valence-electron chi connectivity index (χ2n) is 3.46. The van der Waals surface area contributed by atoms with Gasteiger partial charge < -0.3 is 10.4 Å². The number of carboxylic acid groups (broad SMARTS) is 1. The molecular formula is C12H8BrFN2O2. The summed E-state index contributed by atoms with van der Waals surface area (Å²) in [5, 5.41) is 11.6. The van der Waals surface area contributed by atoms with Crippen LogP contribution in [0.3, 0.4) is 0 Å². The van der Waals surface area contributed by atoms with Gasteiger partial charge in [-0.2, -0.15) is 0 Å². The molecule has 0 bridgehead atoms. The maximum atomic E-state index is 13.6. The van der Waals surface area contributed by atoms with Crippen molar-refractivity contribution in [3.63, 3.8) is 0 Å². The van der Waals surface area contributed by atoms with Gasteiger partial charge in [-0.3, -0.25) is 0 Å². The third kappa shape index (κ3) is 2.65. The Labute approximate surface area is 111 Å². The van der Waals surface area contributed by atoms with Gasteiger partial charge in [0.05, 0.1) is 5.69 Å². The number of nitrogens with zero attached hydrogens (tertiary/aromatic N) is 1. The van der Waals surface area contributed by atoms with Gasteiger partial charge in [0.2, 0.25) is 0 Å². The van der Waals surface area contributed by atoms with Gasteiger partial charge in [0.1, 0.15) is 11.5 Å². The van der Waals surface area contributed by atoms with E-state index in [-0.39, 0.29) is 11.4 Å². The Morgan fingerprint density at radius 1 is 1.39 bits per heavy atom. The molecule has 4 nitrogen and oxygen atoms in total. The molecule has 2 N–H and O–H groups in total. The van der Waals surface area contributed by atoms with Crippen molar-refractivity contribution in [2.24, 2.45) is 0 Å². The molecule has 6 heteroatoms. The predicted molar refractivity (Wildman–Crippen MR) is 68.6 cm³/mol. The number of hydrogen-bond acceptors (Lipinski definition) is 3. The zero-order valence-electron chi connectivity index (χ0n) is 9.02. The molecule has 0 aliphatic heterocycles. The normalized spacial score (nSPS) is 10.1. The van der Waals surface area contributed by atoms with Crippen LogP contribution in [0, 0.1) is 5.82 Å². The Balaban J connectivity index is 2.34. The zero-order valence-corrected chi connectivity index (χ0v) is 10.6. The summed E-state index contributed by atoms with van der Waals surface area (Å²) < 4.78 is 14.1. The third-order valence-corrected chi connectivity index (χ3v) is 2.87. The minimum atomic E-state index is -1.13. The highest BCUT2D eigenvalue weighted by Crippen LogP contribution is 2.28. The molecule has 0 aliphatic carbocycles. The van der Waals surface area contributed by atoms with Crippen molar-refractivity contribution >= 4 is 33.3 Å². The second kappa shape index (κ2) is 5.14. The molecule has 1 aromatic carbocycles. The van der Waals surface area contributed by atoms with Crippen molar-refractivity contribution in [1.29, 1.82) is 0 Å². The SMILES string of the molecule is O=C(O)c1cc(Nc2c(F)cccc2Br)ccn1. The summed E-state index contributed by atoms with van der Waals surface area (Å²) in [5.41, 5.74) is 0.598. The molecule has 1 heterocycles. The van der Waals surface area contributed by atoms with Crippen molar-refractivity contribution < 1.29 is 14.3 Å². The molecule has 0 atom stereocenters. The highest BCUT2D eigenvalue weighted by Gasteiger charge is 2.09. The Morgan fingerprint density at radius 3 is 2.83 bits per heavy atom. The quantitative estimate of drug-likeness (QED) is 0.911. The molecule has 0 saturated carbocycles. The first-order valence-electron chi connectivity index (χ1n) is 4.98. The molecule has 0 spiro atoms. The smallest absolute Gasteiger partial charge is 0.354 e. The zero-order chi connectivity index (χ0) is 13.1. The van der Waals surface area contributed by atoms with Crippen LogP contribution in [-0.4, -0.2) is 16.1 Å². The molecule has 0 fully saturated rings. The number of hydrogen-bond donors (Lipinski definition) is 2. The Bertz CT molecular complexity index is 584. The fraction of sp³-hybridized carbons (Fsp3) is 0. The van der Waals surface area contributed by atoms with Crippen molar-refractivity contribution in [2.45, 2.75) is 0 Å². The molecule has 92 valence electrons. The maximum absolute atomic E-state index is 13.6. The topological polar surface area (TPSA) is 62.2 Å². The highest BCUT2D eigenvalue weighted by molar-refractivity contribution is 9.10. The first-order chi connectivity index (χ1) is 8.58. The molecule has 2 aromatic rings. The van der Waals surface area contributed by atoms with Crippen LogP contribution in [0.1, 0.15) is 10.5 Å². The lowest BCUT2D eigenvalue weighted by atomic mass is 10.2. The number of aromatic carboxylic acids is 1. The fourth-order valence-electron chi connectivity index (χ4n) is 1.39. The van der Waals surface area contributed by atoms with E-state index in [4.69, 9.17) is 5.11 Å². The number of aromatic nitrogens is 1. The van der Waals surface area contributed by atoms with E-state index in [0.717, 1.165) is 0 Å². The summed E-state index contributed by atoms with van der Waals surface area (Å²) in [5.74, 6) is -1.57. The minimum Gasteiger partial charge on any atom is -0.477 e. The molecule has 0 saturated heterocycles. The van der Waals surface area contributed by atoms with E-state index >= 15 is 0 Å². The van der Waals surface area contributed by atoms with Crippen LogP contribution in [-0.2, 0) is 0 Å². The van der Waals surface area contributed by atoms with Crippen molar-refractivity contribution in [3.8, 4) is 0 Å². The maximum Gasteiger partial charge on any atom is 0.354 e. The number of benzene rings is 1. The van der Waals surface area contributed by atoms with Crippen molar-refractivity contribution in [2.75, 3.05) is 5.32 Å². The largest absolute Gasteiger partial charge is 0.477 e. The van der Waals surface area contributed by atoms with E-state index in [1.807, 2.05) is 0 Å². The molecule has 0 amide bonds. The Morgan fingerprint density at radius 2 is 2.17 bits per heavy atom. The van der Waals surface area contributed by atoms with Crippen molar-refractivity contribution in [3.05, 3.63) is 52.5 Å². The molecular weight excluding hydrogens is 303 g/mol. The lowest BCUT2D eigenvalue weighted by Crippen LogP contribution is -2.02. The van der Waals surface area contributed by atoms with Gasteiger partial charge >= 0.3 is 5.97 Å². The van der Waals surface area contributed by atoms with E-state index in [2.05, 4.69) is 26.2 Å². The van der Waals surface area contributed by atoms with E-state index in [9.17, 15) is 9.18 Å². The highest BCUT2D eigenvalue weighted by atomic mass is 79.9. The van der Waals surface area contributed by atoms with Gasteiger partial charge in [-0.05, 0) is 40.2 Å². The lowest BCUT2D eigenvalue weighted by molar-refractivity contribution is 0.0690. The van der Waals surface area contributed by atoms with E-state index in [1.54, 1.807) is 18.2 Å². The number of halogens is 2. The monoisotopic (exact) mass is 310 g/mol. The van der Waals surface area contributed by atoms with Gasteiger partial charge in [0, 0.05) is 16.4 Å². The summed E-state index contributed by atoms with van der Waals surface area (Å²) in [6.45, 7) is 0. The van der Waals surface area contributed by atoms with Gasteiger partial charge in [-0.25, -0.2) is 14.2 Å².